The van der Waals surface area contributed by atoms with Crippen molar-refractivity contribution in [3.8, 4) is 0 Å². The van der Waals surface area contributed by atoms with Gasteiger partial charge in [-0.05, 0) is 91.8 Å². The largest absolute Gasteiger partial charge is 0.462 e. The van der Waals surface area contributed by atoms with Crippen molar-refractivity contribution >= 4 is 17.7 Å². The number of Topliss-reactive ketones (excluding diaryl/α,β-unsaturated/α-hetero) is 1. The smallest absolute Gasteiger partial charge is 0.308 e. The van der Waals surface area contributed by atoms with Crippen LogP contribution in [0.25, 0.3) is 0 Å². The fourth-order valence-electron chi connectivity index (χ4n) is 9.84. The van der Waals surface area contributed by atoms with Crippen LogP contribution in [0.3, 0.4) is 0 Å². The molecule has 1 aliphatic heterocycles. The average Bonchev–Trinajstić information content (AvgIpc) is 3.11. The molecule has 5 nitrogen and oxygen atoms in total. The Morgan fingerprint density at radius 2 is 1.82 bits per heavy atom. The number of hydrogen-bond donors (Lipinski definition) is 0. The molecule has 0 aromatic carbocycles. The highest BCUT2D eigenvalue weighted by molar-refractivity contribution is 5.79. The van der Waals surface area contributed by atoms with Crippen molar-refractivity contribution < 1.29 is 23.9 Å². The Morgan fingerprint density at radius 3 is 2.53 bits per heavy atom. The Morgan fingerprint density at radius 1 is 1.06 bits per heavy atom. The fraction of sp³-hybridized carbons (Fsp3) is 0.897. The molecule has 1 heterocycles. The molecule has 4 saturated carbocycles. The highest BCUT2D eigenvalue weighted by Gasteiger charge is 2.65. The SMILES string of the molecule is CC(=O)OC1CC2(C)C(C(C)C3CCC(C)C(=O)O3)CCC2C2CCC3CC(=O)CCC3(C)C12. The molecule has 5 fully saturated rings. The minimum Gasteiger partial charge on any atom is -0.462 e. The summed E-state index contributed by atoms with van der Waals surface area (Å²) in [5.41, 5.74) is 0.168. The van der Waals surface area contributed by atoms with E-state index in [0.717, 1.165) is 38.5 Å². The minimum atomic E-state index is -0.179. The lowest BCUT2D eigenvalue weighted by atomic mass is 9.43. The van der Waals surface area contributed by atoms with Crippen LogP contribution >= 0.6 is 0 Å². The summed E-state index contributed by atoms with van der Waals surface area (Å²) in [6.45, 7) is 10.7. The number of cyclic esters (lactones) is 1. The number of ether oxygens (including phenoxy) is 2. The van der Waals surface area contributed by atoms with Gasteiger partial charge in [0, 0.05) is 25.7 Å². The van der Waals surface area contributed by atoms with E-state index in [9.17, 15) is 14.4 Å². The van der Waals surface area contributed by atoms with Crippen molar-refractivity contribution in [1.82, 2.24) is 0 Å². The van der Waals surface area contributed by atoms with E-state index in [-0.39, 0.29) is 40.9 Å². The van der Waals surface area contributed by atoms with Gasteiger partial charge in [-0.15, -0.1) is 0 Å². The molecule has 5 heteroatoms. The Hall–Kier alpha value is -1.39. The zero-order valence-corrected chi connectivity index (χ0v) is 21.8. The van der Waals surface area contributed by atoms with Gasteiger partial charge in [0.05, 0.1) is 5.92 Å². The van der Waals surface area contributed by atoms with Crippen LogP contribution < -0.4 is 0 Å². The number of rotatable bonds is 3. The second-order valence-corrected chi connectivity index (χ2v) is 13.2. The standard InChI is InChI=1S/C29H44O5/c1-16-6-11-24(34-27(16)32)17(2)22-9-10-23-21-8-7-19-14-20(31)12-13-28(19,4)26(21)25(33-18(3)30)15-29(22,23)5/h16-17,19,21-26H,6-15H2,1-5H3. The second kappa shape index (κ2) is 8.62. The van der Waals surface area contributed by atoms with Gasteiger partial charge in [0.2, 0.25) is 0 Å². The van der Waals surface area contributed by atoms with Gasteiger partial charge in [-0.1, -0.05) is 27.7 Å². The maximum absolute atomic E-state index is 12.3. The summed E-state index contributed by atoms with van der Waals surface area (Å²) < 4.78 is 12.1. The third-order valence-electron chi connectivity index (χ3n) is 11.6. The summed E-state index contributed by atoms with van der Waals surface area (Å²) in [4.78, 5) is 36.9. The molecular weight excluding hydrogens is 428 g/mol. The maximum Gasteiger partial charge on any atom is 0.308 e. The summed E-state index contributed by atoms with van der Waals surface area (Å²) in [5, 5.41) is 0. The van der Waals surface area contributed by atoms with E-state index >= 15 is 0 Å². The number of esters is 2. The van der Waals surface area contributed by atoms with Crippen LogP contribution in [0.15, 0.2) is 0 Å². The number of carbonyl (C=O) groups excluding carboxylic acids is 3. The van der Waals surface area contributed by atoms with Crippen LogP contribution in [0.1, 0.15) is 98.8 Å². The van der Waals surface area contributed by atoms with Gasteiger partial charge in [-0.3, -0.25) is 14.4 Å². The monoisotopic (exact) mass is 472 g/mol. The molecule has 5 rings (SSSR count). The van der Waals surface area contributed by atoms with Crippen molar-refractivity contribution in [2.45, 2.75) is 111 Å². The van der Waals surface area contributed by atoms with Crippen molar-refractivity contribution in [2.24, 2.45) is 52.3 Å². The van der Waals surface area contributed by atoms with Crippen LogP contribution in [-0.4, -0.2) is 29.9 Å². The third-order valence-corrected chi connectivity index (χ3v) is 11.6. The molecule has 0 N–H and O–H groups in total. The van der Waals surface area contributed by atoms with Gasteiger partial charge in [0.1, 0.15) is 18.0 Å². The summed E-state index contributed by atoms with van der Waals surface area (Å²) in [6.07, 6.45) is 9.69. The Balaban J connectivity index is 1.44. The lowest BCUT2D eigenvalue weighted by Gasteiger charge is -2.62. The van der Waals surface area contributed by atoms with Crippen LogP contribution in [0.2, 0.25) is 0 Å². The van der Waals surface area contributed by atoms with Gasteiger partial charge in [-0.2, -0.15) is 0 Å². The molecule has 0 radical (unpaired) electrons. The van der Waals surface area contributed by atoms with Gasteiger partial charge in [-0.25, -0.2) is 0 Å². The molecule has 0 aromatic heterocycles. The van der Waals surface area contributed by atoms with Crippen molar-refractivity contribution in [3.63, 3.8) is 0 Å². The number of carbonyl (C=O) groups is 3. The number of hydrogen-bond acceptors (Lipinski definition) is 5. The van der Waals surface area contributed by atoms with Crippen molar-refractivity contribution in [1.29, 1.82) is 0 Å². The topological polar surface area (TPSA) is 69.7 Å². The third kappa shape index (κ3) is 3.75. The zero-order chi connectivity index (χ0) is 24.4. The number of fused-ring (bicyclic) bond motifs is 5. The highest BCUT2D eigenvalue weighted by Crippen LogP contribution is 2.68. The normalized spacial score (nSPS) is 49.3. The van der Waals surface area contributed by atoms with Gasteiger partial charge in [0.15, 0.2) is 0 Å². The first-order chi connectivity index (χ1) is 16.0. The molecule has 0 amide bonds. The quantitative estimate of drug-likeness (QED) is 0.490. The fourth-order valence-corrected chi connectivity index (χ4v) is 9.84. The second-order valence-electron chi connectivity index (χ2n) is 13.2. The van der Waals surface area contributed by atoms with E-state index in [2.05, 4.69) is 20.8 Å². The van der Waals surface area contributed by atoms with E-state index in [1.165, 1.54) is 12.8 Å². The van der Waals surface area contributed by atoms with E-state index in [4.69, 9.17) is 9.47 Å². The molecule has 0 aromatic rings. The Bertz CT molecular complexity index is 851. The van der Waals surface area contributed by atoms with E-state index < -0.39 is 0 Å². The van der Waals surface area contributed by atoms with Crippen LogP contribution in [0.4, 0.5) is 0 Å². The lowest BCUT2D eigenvalue weighted by Crippen LogP contribution is -2.60. The van der Waals surface area contributed by atoms with E-state index in [1.807, 2.05) is 6.92 Å². The molecule has 34 heavy (non-hydrogen) atoms. The van der Waals surface area contributed by atoms with Gasteiger partial charge < -0.3 is 9.47 Å². The maximum atomic E-state index is 12.3. The zero-order valence-electron chi connectivity index (χ0n) is 21.8. The first-order valence-electron chi connectivity index (χ1n) is 13.9. The molecule has 1 saturated heterocycles. The molecule has 11 atom stereocenters. The molecule has 5 aliphatic rings. The first-order valence-corrected chi connectivity index (χ1v) is 13.9. The molecule has 190 valence electrons. The van der Waals surface area contributed by atoms with Crippen LogP contribution in [0.5, 0.6) is 0 Å². The molecule has 0 bridgehead atoms. The summed E-state index contributed by atoms with van der Waals surface area (Å²) >= 11 is 0. The lowest BCUT2D eigenvalue weighted by molar-refractivity contribution is -0.198. The van der Waals surface area contributed by atoms with E-state index in [1.54, 1.807) is 6.92 Å². The predicted molar refractivity (Wildman–Crippen MR) is 129 cm³/mol. The predicted octanol–water partition coefficient (Wildman–Crippen LogP) is 5.73. The molecule has 4 aliphatic carbocycles. The van der Waals surface area contributed by atoms with Crippen molar-refractivity contribution in [2.75, 3.05) is 0 Å². The summed E-state index contributed by atoms with van der Waals surface area (Å²) in [5.74, 6) is 2.94. The average molecular weight is 473 g/mol. The van der Waals surface area contributed by atoms with E-state index in [0.29, 0.717) is 54.1 Å². The molecule has 11 unspecified atom stereocenters. The summed E-state index contributed by atoms with van der Waals surface area (Å²) in [6, 6.07) is 0. The Kier molecular flexibility index (Phi) is 6.16. The van der Waals surface area contributed by atoms with Gasteiger partial charge in [0.25, 0.3) is 0 Å². The summed E-state index contributed by atoms with van der Waals surface area (Å²) in [7, 11) is 0. The Labute approximate surface area is 205 Å². The molecule has 0 spiro atoms. The van der Waals surface area contributed by atoms with Gasteiger partial charge >= 0.3 is 11.9 Å². The molecular formula is C29H44O5. The number of ketones is 1. The first kappa shape index (κ1) is 24.3. The van der Waals surface area contributed by atoms with Crippen LogP contribution in [-0.2, 0) is 23.9 Å². The van der Waals surface area contributed by atoms with Crippen LogP contribution in [0, 0.1) is 52.3 Å². The minimum absolute atomic E-state index is 0.00628. The van der Waals surface area contributed by atoms with Crippen molar-refractivity contribution in [3.05, 3.63) is 0 Å². The highest BCUT2D eigenvalue weighted by atomic mass is 16.5.